The lowest BCUT2D eigenvalue weighted by molar-refractivity contribution is -0.151. The predicted molar refractivity (Wildman–Crippen MR) is 70.0 cm³/mol. The van der Waals surface area contributed by atoms with E-state index < -0.39 is 11.9 Å². The van der Waals surface area contributed by atoms with E-state index in [-0.39, 0.29) is 18.4 Å². The molecule has 1 aliphatic rings. The molecule has 1 aromatic carbocycles. The fourth-order valence-electron chi connectivity index (χ4n) is 2.14. The first-order chi connectivity index (χ1) is 8.63. The van der Waals surface area contributed by atoms with E-state index in [4.69, 9.17) is 4.74 Å². The highest BCUT2D eigenvalue weighted by atomic mass is 79.9. The molecular formula is C13H14BrNO3. The van der Waals surface area contributed by atoms with E-state index in [2.05, 4.69) is 21.2 Å². The van der Waals surface area contributed by atoms with Crippen LogP contribution in [0.25, 0.3) is 0 Å². The molecule has 0 saturated carbocycles. The van der Waals surface area contributed by atoms with E-state index in [1.54, 1.807) is 6.92 Å². The molecule has 96 valence electrons. The second-order valence-electron chi connectivity index (χ2n) is 4.13. The molecule has 1 N–H and O–H groups in total. The van der Waals surface area contributed by atoms with Gasteiger partial charge in [-0.2, -0.15) is 0 Å². The van der Waals surface area contributed by atoms with E-state index in [9.17, 15) is 9.59 Å². The zero-order valence-electron chi connectivity index (χ0n) is 9.98. The second-order valence-corrected chi connectivity index (χ2v) is 5.05. The van der Waals surface area contributed by atoms with E-state index in [0.717, 1.165) is 10.0 Å². The average molecular weight is 312 g/mol. The molecule has 1 saturated heterocycles. The number of carbonyl (C=O) groups is 2. The van der Waals surface area contributed by atoms with Crippen LogP contribution >= 0.6 is 15.9 Å². The molecule has 1 aromatic rings. The van der Waals surface area contributed by atoms with Gasteiger partial charge in [0.25, 0.3) is 0 Å². The van der Waals surface area contributed by atoms with Crippen LogP contribution in [0.3, 0.4) is 0 Å². The topological polar surface area (TPSA) is 55.4 Å². The largest absolute Gasteiger partial charge is 0.465 e. The predicted octanol–water partition coefficient (Wildman–Crippen LogP) is 1.84. The molecule has 2 rings (SSSR count). The Balaban J connectivity index is 2.23. The number of esters is 1. The summed E-state index contributed by atoms with van der Waals surface area (Å²) in [5.74, 6) is -1.57. The summed E-state index contributed by atoms with van der Waals surface area (Å²) in [5, 5.41) is 2.72. The van der Waals surface area contributed by atoms with Crippen LogP contribution in [0.2, 0.25) is 0 Å². The highest BCUT2D eigenvalue weighted by molar-refractivity contribution is 9.10. The van der Waals surface area contributed by atoms with E-state index in [1.165, 1.54) is 0 Å². The third-order valence-corrected chi connectivity index (χ3v) is 3.55. The maximum absolute atomic E-state index is 11.8. The molecule has 1 heterocycles. The number of ether oxygens (including phenoxy) is 1. The average Bonchev–Trinajstić information content (AvgIpc) is 2.72. The lowest BCUT2D eigenvalue weighted by atomic mass is 9.88. The molecule has 5 heteroatoms. The molecule has 1 unspecified atom stereocenters. The molecule has 18 heavy (non-hydrogen) atoms. The smallest absolute Gasteiger partial charge is 0.319 e. The Hall–Kier alpha value is -1.36. The van der Waals surface area contributed by atoms with Crippen molar-refractivity contribution in [1.82, 2.24) is 5.32 Å². The molecule has 1 fully saturated rings. The van der Waals surface area contributed by atoms with Crippen molar-refractivity contribution in [3.8, 4) is 0 Å². The third kappa shape index (κ3) is 2.56. The summed E-state index contributed by atoms with van der Waals surface area (Å²) in [7, 11) is 0. The SMILES string of the molecule is CCOC(=O)[C@H]1C(=O)NCC1c1ccc(Br)cc1. The van der Waals surface area contributed by atoms with Crippen molar-refractivity contribution < 1.29 is 14.3 Å². The minimum atomic E-state index is -0.730. The van der Waals surface area contributed by atoms with Crippen LogP contribution in [-0.4, -0.2) is 25.0 Å². The normalized spacial score (nSPS) is 22.7. The van der Waals surface area contributed by atoms with Gasteiger partial charge in [0, 0.05) is 16.9 Å². The summed E-state index contributed by atoms with van der Waals surface area (Å²) < 4.78 is 5.93. The number of benzene rings is 1. The molecule has 1 aliphatic heterocycles. The van der Waals surface area contributed by atoms with Crippen LogP contribution < -0.4 is 5.32 Å². The molecule has 0 radical (unpaired) electrons. The summed E-state index contributed by atoms with van der Waals surface area (Å²) in [5.41, 5.74) is 0.967. The second kappa shape index (κ2) is 5.52. The number of hydrogen-bond donors (Lipinski definition) is 1. The van der Waals surface area contributed by atoms with E-state index in [1.807, 2.05) is 24.3 Å². The first-order valence-electron chi connectivity index (χ1n) is 5.83. The number of carbonyl (C=O) groups excluding carboxylic acids is 2. The minimum absolute atomic E-state index is 0.148. The number of hydrogen-bond acceptors (Lipinski definition) is 3. The van der Waals surface area contributed by atoms with Crippen molar-refractivity contribution in [2.45, 2.75) is 12.8 Å². The molecular weight excluding hydrogens is 298 g/mol. The quantitative estimate of drug-likeness (QED) is 0.684. The van der Waals surface area contributed by atoms with Crippen molar-refractivity contribution in [3.05, 3.63) is 34.3 Å². The standard InChI is InChI=1S/C13H14BrNO3/c1-2-18-13(17)11-10(7-15-12(11)16)8-3-5-9(14)6-4-8/h3-6,10-11H,2,7H2,1H3,(H,15,16)/t10?,11-/m1/s1. The van der Waals surface area contributed by atoms with Gasteiger partial charge in [0.15, 0.2) is 0 Å². The van der Waals surface area contributed by atoms with Crippen LogP contribution in [0.1, 0.15) is 18.4 Å². The molecule has 0 spiro atoms. The molecule has 0 aromatic heterocycles. The highest BCUT2D eigenvalue weighted by Crippen LogP contribution is 2.30. The number of nitrogens with one attached hydrogen (secondary N) is 1. The van der Waals surface area contributed by atoms with E-state index in [0.29, 0.717) is 6.54 Å². The van der Waals surface area contributed by atoms with Crippen LogP contribution in [-0.2, 0) is 14.3 Å². The molecule has 4 nitrogen and oxygen atoms in total. The van der Waals surface area contributed by atoms with Gasteiger partial charge in [-0.25, -0.2) is 0 Å². The lowest BCUT2D eigenvalue weighted by Gasteiger charge is -2.15. The Morgan fingerprint density at radius 3 is 2.72 bits per heavy atom. The summed E-state index contributed by atoms with van der Waals surface area (Å²) in [6.07, 6.45) is 0. The van der Waals surface area contributed by atoms with Gasteiger partial charge in [-0.15, -0.1) is 0 Å². The van der Waals surface area contributed by atoms with Crippen LogP contribution in [0.5, 0.6) is 0 Å². The minimum Gasteiger partial charge on any atom is -0.465 e. The van der Waals surface area contributed by atoms with Gasteiger partial charge in [0.1, 0.15) is 5.92 Å². The summed E-state index contributed by atoms with van der Waals surface area (Å²) in [4.78, 5) is 23.5. The van der Waals surface area contributed by atoms with Crippen LogP contribution in [0.15, 0.2) is 28.7 Å². The van der Waals surface area contributed by atoms with Gasteiger partial charge < -0.3 is 10.1 Å². The Kier molecular flexibility index (Phi) is 4.01. The number of halogens is 1. The van der Waals surface area contributed by atoms with Crippen molar-refractivity contribution in [2.24, 2.45) is 5.92 Å². The summed E-state index contributed by atoms with van der Waals surface area (Å²) in [6, 6.07) is 7.64. The summed E-state index contributed by atoms with van der Waals surface area (Å²) in [6.45, 7) is 2.50. The lowest BCUT2D eigenvalue weighted by Crippen LogP contribution is -2.28. The monoisotopic (exact) mass is 311 g/mol. The van der Waals surface area contributed by atoms with Gasteiger partial charge >= 0.3 is 5.97 Å². The maximum Gasteiger partial charge on any atom is 0.319 e. The Morgan fingerprint density at radius 2 is 2.11 bits per heavy atom. The van der Waals surface area contributed by atoms with E-state index >= 15 is 0 Å². The molecule has 0 bridgehead atoms. The Morgan fingerprint density at radius 1 is 1.44 bits per heavy atom. The zero-order valence-corrected chi connectivity index (χ0v) is 11.6. The maximum atomic E-state index is 11.8. The van der Waals surface area contributed by atoms with Gasteiger partial charge in [0.05, 0.1) is 6.61 Å². The Bertz CT molecular complexity index is 458. The van der Waals surface area contributed by atoms with Gasteiger partial charge in [-0.05, 0) is 24.6 Å². The molecule has 0 aliphatic carbocycles. The van der Waals surface area contributed by atoms with Gasteiger partial charge in [0.2, 0.25) is 5.91 Å². The van der Waals surface area contributed by atoms with Gasteiger partial charge in [-0.1, -0.05) is 28.1 Å². The van der Waals surface area contributed by atoms with Crippen molar-refractivity contribution in [1.29, 1.82) is 0 Å². The molecule has 2 atom stereocenters. The first-order valence-corrected chi connectivity index (χ1v) is 6.62. The number of rotatable bonds is 3. The fraction of sp³-hybridized carbons (Fsp3) is 0.385. The number of amides is 1. The summed E-state index contributed by atoms with van der Waals surface area (Å²) >= 11 is 3.36. The third-order valence-electron chi connectivity index (χ3n) is 3.02. The van der Waals surface area contributed by atoms with Crippen molar-refractivity contribution in [3.63, 3.8) is 0 Å². The van der Waals surface area contributed by atoms with Crippen LogP contribution in [0.4, 0.5) is 0 Å². The zero-order chi connectivity index (χ0) is 13.1. The van der Waals surface area contributed by atoms with Crippen molar-refractivity contribution in [2.75, 3.05) is 13.2 Å². The van der Waals surface area contributed by atoms with Gasteiger partial charge in [-0.3, -0.25) is 9.59 Å². The first kappa shape index (κ1) is 13.1. The van der Waals surface area contributed by atoms with Crippen LogP contribution in [0, 0.1) is 5.92 Å². The molecule has 1 amide bonds. The highest BCUT2D eigenvalue weighted by Gasteiger charge is 2.41. The van der Waals surface area contributed by atoms with Crippen molar-refractivity contribution >= 4 is 27.8 Å². The Labute approximate surface area is 114 Å². The fourth-order valence-corrected chi connectivity index (χ4v) is 2.41.